The average molecular weight is 338 g/mol. The van der Waals surface area contributed by atoms with Gasteiger partial charge in [0.1, 0.15) is 0 Å². The van der Waals surface area contributed by atoms with E-state index in [1.807, 2.05) is 17.0 Å². The van der Waals surface area contributed by atoms with Crippen molar-refractivity contribution in [1.29, 1.82) is 0 Å². The maximum absolute atomic E-state index is 12.8. The minimum Gasteiger partial charge on any atom is -0.353 e. The topological polar surface area (TPSA) is 41.4 Å². The van der Waals surface area contributed by atoms with Crippen molar-refractivity contribution in [3.63, 3.8) is 0 Å². The first kappa shape index (κ1) is 16.3. The van der Waals surface area contributed by atoms with Gasteiger partial charge in [-0.25, -0.2) is 0 Å². The molecule has 2 aliphatic heterocycles. The van der Waals surface area contributed by atoms with Crippen molar-refractivity contribution in [3.05, 3.63) is 54.1 Å². The lowest BCUT2D eigenvalue weighted by Crippen LogP contribution is -2.47. The van der Waals surface area contributed by atoms with Crippen LogP contribution in [0.15, 0.2) is 42.9 Å². The summed E-state index contributed by atoms with van der Waals surface area (Å²) in [5.74, 6) is 0.132. The van der Waals surface area contributed by atoms with E-state index in [9.17, 15) is 4.79 Å². The van der Waals surface area contributed by atoms with Crippen LogP contribution in [0, 0.1) is 5.41 Å². The van der Waals surface area contributed by atoms with E-state index in [0.29, 0.717) is 5.56 Å². The molecule has 0 radical (unpaired) electrons. The minimum atomic E-state index is 0.132. The highest BCUT2D eigenvalue weighted by Gasteiger charge is 2.42. The van der Waals surface area contributed by atoms with Crippen LogP contribution >= 0.6 is 0 Å². The van der Waals surface area contributed by atoms with Crippen LogP contribution < -0.4 is 0 Å². The maximum Gasteiger partial charge on any atom is 0.255 e. The molecule has 0 aliphatic carbocycles. The summed E-state index contributed by atoms with van der Waals surface area (Å²) in [5.41, 5.74) is 2.33. The lowest BCUT2D eigenvalue weighted by atomic mass is 9.79. The smallest absolute Gasteiger partial charge is 0.255 e. The summed E-state index contributed by atoms with van der Waals surface area (Å²) in [4.78, 5) is 21.5. The van der Waals surface area contributed by atoms with Gasteiger partial charge < -0.3 is 9.47 Å². The number of rotatable bonds is 3. The van der Waals surface area contributed by atoms with Crippen molar-refractivity contribution in [1.82, 2.24) is 19.4 Å². The monoisotopic (exact) mass is 338 g/mol. The van der Waals surface area contributed by atoms with Crippen LogP contribution in [0.3, 0.4) is 0 Å². The van der Waals surface area contributed by atoms with E-state index in [1.54, 1.807) is 12.4 Å². The fraction of sp³-hybridized carbons (Fsp3) is 0.500. The van der Waals surface area contributed by atoms with Gasteiger partial charge >= 0.3 is 0 Å². The quantitative estimate of drug-likeness (QED) is 0.864. The van der Waals surface area contributed by atoms with E-state index in [4.69, 9.17) is 0 Å². The predicted octanol–water partition coefficient (Wildman–Crippen LogP) is 2.55. The Balaban J connectivity index is 1.42. The summed E-state index contributed by atoms with van der Waals surface area (Å²) in [5, 5.41) is 0. The Labute approximate surface area is 149 Å². The number of piperidine rings is 1. The number of hydrogen-bond acceptors (Lipinski definition) is 3. The molecule has 2 aromatic heterocycles. The first-order valence-corrected chi connectivity index (χ1v) is 9.17. The van der Waals surface area contributed by atoms with Crippen LogP contribution in [0.2, 0.25) is 0 Å². The molecule has 0 aromatic carbocycles. The highest BCUT2D eigenvalue weighted by Crippen LogP contribution is 2.39. The Morgan fingerprint density at radius 1 is 1.20 bits per heavy atom. The second-order valence-corrected chi connectivity index (χ2v) is 7.64. The van der Waals surface area contributed by atoms with Gasteiger partial charge in [0.15, 0.2) is 0 Å². The molecule has 0 N–H and O–H groups in total. The molecule has 0 bridgehead atoms. The number of nitrogens with zero attached hydrogens (tertiary/aromatic N) is 4. The number of hydrogen-bond donors (Lipinski definition) is 0. The average Bonchev–Trinajstić information content (AvgIpc) is 3.22. The number of carbonyl (C=O) groups excluding carboxylic acids is 1. The van der Waals surface area contributed by atoms with E-state index in [1.165, 1.54) is 18.5 Å². The fourth-order valence-electron chi connectivity index (χ4n) is 4.44. The third-order valence-corrected chi connectivity index (χ3v) is 5.81. The Kier molecular flexibility index (Phi) is 4.34. The summed E-state index contributed by atoms with van der Waals surface area (Å²) in [6, 6.07) is 8.01. The van der Waals surface area contributed by atoms with Crippen LogP contribution in [-0.4, -0.2) is 51.4 Å². The van der Waals surface area contributed by atoms with E-state index in [2.05, 4.69) is 39.8 Å². The van der Waals surface area contributed by atoms with Crippen molar-refractivity contribution in [2.45, 2.75) is 25.8 Å². The molecule has 1 amide bonds. The second kappa shape index (κ2) is 6.64. The molecule has 5 nitrogen and oxygen atoms in total. The van der Waals surface area contributed by atoms with Crippen LogP contribution in [0.4, 0.5) is 0 Å². The number of carbonyl (C=O) groups is 1. The number of aryl methyl sites for hydroxylation is 1. The van der Waals surface area contributed by atoms with Gasteiger partial charge in [-0.1, -0.05) is 0 Å². The molecule has 2 aromatic rings. The van der Waals surface area contributed by atoms with Crippen LogP contribution in [0.25, 0.3) is 0 Å². The predicted molar refractivity (Wildman–Crippen MR) is 97.1 cm³/mol. The SMILES string of the molecule is Cn1cccc1CN1CCC2(CCCN(C(=O)c3cccnc3)C2)C1. The highest BCUT2D eigenvalue weighted by atomic mass is 16.2. The molecular weight excluding hydrogens is 312 g/mol. The van der Waals surface area contributed by atoms with Gasteiger partial charge in [0, 0.05) is 62.9 Å². The standard InChI is InChI=1S/C20H26N4O/c1-22-10-3-6-18(22)14-23-12-8-20(15-23)7-4-11-24(16-20)19(25)17-5-2-9-21-13-17/h2-3,5-6,9-10,13H,4,7-8,11-12,14-16H2,1H3. The Bertz CT molecular complexity index is 741. The Morgan fingerprint density at radius 3 is 2.88 bits per heavy atom. The van der Waals surface area contributed by atoms with Crippen molar-refractivity contribution in [2.24, 2.45) is 12.5 Å². The van der Waals surface area contributed by atoms with Crippen LogP contribution in [-0.2, 0) is 13.6 Å². The molecule has 4 heterocycles. The van der Waals surface area contributed by atoms with Gasteiger partial charge in [-0.15, -0.1) is 0 Å². The second-order valence-electron chi connectivity index (χ2n) is 7.64. The van der Waals surface area contributed by atoms with Gasteiger partial charge in [-0.3, -0.25) is 14.7 Å². The largest absolute Gasteiger partial charge is 0.353 e. The number of pyridine rings is 1. The first-order chi connectivity index (χ1) is 12.2. The van der Waals surface area contributed by atoms with Crippen LogP contribution in [0.1, 0.15) is 35.3 Å². The van der Waals surface area contributed by atoms with Gasteiger partial charge in [0.05, 0.1) is 5.56 Å². The zero-order valence-electron chi connectivity index (χ0n) is 14.9. The fourth-order valence-corrected chi connectivity index (χ4v) is 4.44. The minimum absolute atomic E-state index is 0.132. The van der Waals surface area contributed by atoms with Crippen LogP contribution in [0.5, 0.6) is 0 Å². The van der Waals surface area contributed by atoms with Crippen molar-refractivity contribution in [2.75, 3.05) is 26.2 Å². The van der Waals surface area contributed by atoms with Gasteiger partial charge in [0.25, 0.3) is 5.91 Å². The van der Waals surface area contributed by atoms with Crippen molar-refractivity contribution >= 4 is 5.91 Å². The van der Waals surface area contributed by atoms with Gasteiger partial charge in [0.2, 0.25) is 0 Å². The zero-order chi connectivity index (χ0) is 17.3. The molecule has 0 saturated carbocycles. The van der Waals surface area contributed by atoms with Crippen molar-refractivity contribution in [3.8, 4) is 0 Å². The molecule has 2 saturated heterocycles. The summed E-state index contributed by atoms with van der Waals surface area (Å²) in [6.07, 6.45) is 9.02. The zero-order valence-corrected chi connectivity index (χ0v) is 14.9. The van der Waals surface area contributed by atoms with Gasteiger partial charge in [-0.2, -0.15) is 0 Å². The van der Waals surface area contributed by atoms with E-state index in [-0.39, 0.29) is 11.3 Å². The molecule has 25 heavy (non-hydrogen) atoms. The Hall–Kier alpha value is -2.14. The van der Waals surface area contributed by atoms with Crippen molar-refractivity contribution < 1.29 is 4.79 Å². The number of aromatic nitrogens is 2. The molecule has 1 atom stereocenters. The Morgan fingerprint density at radius 2 is 2.12 bits per heavy atom. The summed E-state index contributed by atoms with van der Waals surface area (Å²) < 4.78 is 2.20. The molecule has 132 valence electrons. The molecule has 4 rings (SSSR count). The molecule has 2 fully saturated rings. The summed E-state index contributed by atoms with van der Waals surface area (Å²) in [7, 11) is 2.11. The summed E-state index contributed by atoms with van der Waals surface area (Å²) >= 11 is 0. The maximum atomic E-state index is 12.8. The highest BCUT2D eigenvalue weighted by molar-refractivity contribution is 5.94. The molecule has 5 heteroatoms. The summed E-state index contributed by atoms with van der Waals surface area (Å²) in [6.45, 7) is 4.97. The normalized spacial score (nSPS) is 24.1. The molecule has 2 aliphatic rings. The van der Waals surface area contributed by atoms with E-state index in [0.717, 1.165) is 39.1 Å². The number of amides is 1. The molecule has 1 spiro atoms. The van der Waals surface area contributed by atoms with E-state index >= 15 is 0 Å². The van der Waals surface area contributed by atoms with Gasteiger partial charge in [-0.05, 0) is 50.1 Å². The molecular formula is C20H26N4O. The lowest BCUT2D eigenvalue weighted by Gasteiger charge is -2.40. The third-order valence-electron chi connectivity index (χ3n) is 5.81. The number of likely N-dealkylation sites (tertiary alicyclic amines) is 2. The van der Waals surface area contributed by atoms with E-state index < -0.39 is 0 Å². The lowest BCUT2D eigenvalue weighted by molar-refractivity contribution is 0.0526. The first-order valence-electron chi connectivity index (χ1n) is 9.17. The molecule has 1 unspecified atom stereocenters. The third kappa shape index (κ3) is 3.33.